The molecule has 0 saturated heterocycles. The molecule has 0 radical (unpaired) electrons. The van der Waals surface area contributed by atoms with Crippen molar-refractivity contribution < 1.29 is 18.7 Å². The maximum absolute atomic E-state index is 13.1. The minimum atomic E-state index is -3.94. The van der Waals surface area contributed by atoms with Gasteiger partial charge in [-0.05, 0) is 18.6 Å². The molecule has 0 unspecified atom stereocenters. The number of carbonyl (C=O) groups is 1. The highest BCUT2D eigenvalue weighted by atomic mass is 35.5. The first-order valence-electron chi connectivity index (χ1n) is 3.74. The average molecular weight is 221 g/mol. The van der Waals surface area contributed by atoms with E-state index in [1.807, 2.05) is 0 Å². The van der Waals surface area contributed by atoms with Crippen molar-refractivity contribution in [3.8, 4) is 0 Å². The second kappa shape index (κ2) is 3.53. The smallest absolute Gasteiger partial charge is 0.379 e. The second-order valence-corrected chi connectivity index (χ2v) is 3.22. The Morgan fingerprint density at radius 3 is 2.50 bits per heavy atom. The third-order valence-corrected chi connectivity index (χ3v) is 2.12. The van der Waals surface area contributed by atoms with Gasteiger partial charge in [-0.25, -0.2) is 4.79 Å². The van der Waals surface area contributed by atoms with Crippen LogP contribution in [0.2, 0.25) is 5.02 Å². The summed E-state index contributed by atoms with van der Waals surface area (Å²) in [6.45, 7) is 1.39. The van der Waals surface area contributed by atoms with Gasteiger partial charge >= 0.3 is 11.9 Å². The van der Waals surface area contributed by atoms with E-state index >= 15 is 0 Å². The monoisotopic (exact) mass is 220 g/mol. The third-order valence-electron chi connectivity index (χ3n) is 1.80. The van der Waals surface area contributed by atoms with Crippen molar-refractivity contribution in [3.05, 3.63) is 34.3 Å². The molecule has 0 aliphatic carbocycles. The number of aliphatic carboxylic acids is 1. The SMILES string of the molecule is Cc1cccc(Cl)c1C(F)(F)C(=O)O. The Hall–Kier alpha value is -1.16. The summed E-state index contributed by atoms with van der Waals surface area (Å²) in [6, 6.07) is 4.11. The van der Waals surface area contributed by atoms with Crippen LogP contribution in [0.15, 0.2) is 18.2 Å². The van der Waals surface area contributed by atoms with Crippen LogP contribution in [0.5, 0.6) is 0 Å². The maximum Gasteiger partial charge on any atom is 0.379 e. The molecule has 76 valence electrons. The summed E-state index contributed by atoms with van der Waals surface area (Å²) in [4.78, 5) is 10.3. The summed E-state index contributed by atoms with van der Waals surface area (Å²) in [5.74, 6) is -6.14. The van der Waals surface area contributed by atoms with Crippen molar-refractivity contribution in [1.82, 2.24) is 0 Å². The highest BCUT2D eigenvalue weighted by molar-refractivity contribution is 6.31. The van der Waals surface area contributed by atoms with Crippen LogP contribution in [-0.4, -0.2) is 11.1 Å². The molecule has 0 spiro atoms. The van der Waals surface area contributed by atoms with Crippen LogP contribution in [0.1, 0.15) is 11.1 Å². The fourth-order valence-electron chi connectivity index (χ4n) is 1.14. The molecule has 0 fully saturated rings. The molecule has 0 heterocycles. The van der Waals surface area contributed by atoms with Gasteiger partial charge in [0, 0.05) is 0 Å². The fraction of sp³-hybridized carbons (Fsp3) is 0.222. The van der Waals surface area contributed by atoms with Crippen LogP contribution in [-0.2, 0) is 10.7 Å². The summed E-state index contributed by atoms with van der Waals surface area (Å²) >= 11 is 5.51. The van der Waals surface area contributed by atoms with Crippen LogP contribution < -0.4 is 0 Å². The van der Waals surface area contributed by atoms with E-state index in [4.69, 9.17) is 16.7 Å². The summed E-state index contributed by atoms with van der Waals surface area (Å²) in [5.41, 5.74) is -0.487. The van der Waals surface area contributed by atoms with E-state index in [9.17, 15) is 13.6 Å². The lowest BCUT2D eigenvalue weighted by Crippen LogP contribution is -2.26. The normalized spacial score (nSPS) is 11.4. The van der Waals surface area contributed by atoms with Crippen LogP contribution in [0.3, 0.4) is 0 Å². The molecule has 14 heavy (non-hydrogen) atoms. The van der Waals surface area contributed by atoms with Crippen LogP contribution in [0, 0.1) is 6.92 Å². The zero-order valence-electron chi connectivity index (χ0n) is 7.22. The number of halogens is 3. The molecule has 2 nitrogen and oxygen atoms in total. The number of benzene rings is 1. The third kappa shape index (κ3) is 1.70. The predicted octanol–water partition coefficient (Wildman–Crippen LogP) is 2.82. The fourth-order valence-corrected chi connectivity index (χ4v) is 1.48. The lowest BCUT2D eigenvalue weighted by Gasteiger charge is -2.15. The van der Waals surface area contributed by atoms with Crippen LogP contribution >= 0.6 is 11.6 Å². The van der Waals surface area contributed by atoms with E-state index in [-0.39, 0.29) is 10.6 Å². The Morgan fingerprint density at radius 1 is 1.50 bits per heavy atom. The molecular weight excluding hydrogens is 214 g/mol. The molecule has 0 atom stereocenters. The van der Waals surface area contributed by atoms with Gasteiger partial charge in [0.2, 0.25) is 0 Å². The summed E-state index contributed by atoms with van der Waals surface area (Å²) in [6.07, 6.45) is 0. The van der Waals surface area contributed by atoms with Gasteiger partial charge in [-0.1, -0.05) is 23.7 Å². The number of carboxylic acids is 1. The van der Waals surface area contributed by atoms with Crippen molar-refractivity contribution in [2.24, 2.45) is 0 Å². The van der Waals surface area contributed by atoms with Gasteiger partial charge in [-0.3, -0.25) is 0 Å². The Balaban J connectivity index is 3.38. The molecule has 0 saturated carbocycles. The first-order valence-corrected chi connectivity index (χ1v) is 4.12. The summed E-state index contributed by atoms with van der Waals surface area (Å²) in [5, 5.41) is 8.10. The molecule has 1 aromatic carbocycles. The summed E-state index contributed by atoms with van der Waals surface area (Å²) < 4.78 is 26.2. The van der Waals surface area contributed by atoms with E-state index in [0.717, 1.165) is 0 Å². The second-order valence-electron chi connectivity index (χ2n) is 2.81. The van der Waals surface area contributed by atoms with Gasteiger partial charge in [0.15, 0.2) is 0 Å². The molecule has 1 N–H and O–H groups in total. The van der Waals surface area contributed by atoms with Crippen LogP contribution in [0.4, 0.5) is 8.78 Å². The minimum absolute atomic E-state index is 0.157. The molecular formula is C9H7ClF2O2. The maximum atomic E-state index is 13.1. The standard InChI is InChI=1S/C9H7ClF2O2/c1-5-3-2-4-6(10)7(5)9(11,12)8(13)14/h2-4H,1H3,(H,13,14). The Kier molecular flexibility index (Phi) is 2.76. The van der Waals surface area contributed by atoms with E-state index < -0.39 is 17.5 Å². The molecule has 0 amide bonds. The van der Waals surface area contributed by atoms with Gasteiger partial charge in [-0.15, -0.1) is 0 Å². The lowest BCUT2D eigenvalue weighted by molar-refractivity contribution is -0.166. The van der Waals surface area contributed by atoms with Crippen molar-refractivity contribution in [2.45, 2.75) is 12.8 Å². The summed E-state index contributed by atoms with van der Waals surface area (Å²) in [7, 11) is 0. The average Bonchev–Trinajstić information content (AvgIpc) is 2.02. The predicted molar refractivity (Wildman–Crippen MR) is 47.7 cm³/mol. The quantitative estimate of drug-likeness (QED) is 0.832. The highest BCUT2D eigenvalue weighted by Crippen LogP contribution is 2.35. The van der Waals surface area contributed by atoms with E-state index in [0.29, 0.717) is 0 Å². The van der Waals surface area contributed by atoms with Crippen LogP contribution in [0.25, 0.3) is 0 Å². The van der Waals surface area contributed by atoms with Crippen molar-refractivity contribution >= 4 is 17.6 Å². The molecule has 0 aliphatic rings. The van der Waals surface area contributed by atoms with Gasteiger partial charge in [-0.2, -0.15) is 8.78 Å². The van der Waals surface area contributed by atoms with Crippen molar-refractivity contribution in [2.75, 3.05) is 0 Å². The van der Waals surface area contributed by atoms with E-state index in [1.165, 1.54) is 25.1 Å². The molecule has 0 aromatic heterocycles. The largest absolute Gasteiger partial charge is 0.477 e. The first-order chi connectivity index (χ1) is 6.37. The van der Waals surface area contributed by atoms with Crippen molar-refractivity contribution in [3.63, 3.8) is 0 Å². The van der Waals surface area contributed by atoms with E-state index in [1.54, 1.807) is 0 Å². The molecule has 5 heteroatoms. The highest BCUT2D eigenvalue weighted by Gasteiger charge is 2.43. The van der Waals surface area contributed by atoms with Gasteiger partial charge in [0.1, 0.15) is 0 Å². The number of carboxylic acid groups (broad SMARTS) is 1. The molecule has 1 rings (SSSR count). The Bertz CT molecular complexity index is 357. The van der Waals surface area contributed by atoms with E-state index in [2.05, 4.69) is 0 Å². The van der Waals surface area contributed by atoms with Gasteiger partial charge in [0.05, 0.1) is 10.6 Å². The van der Waals surface area contributed by atoms with Crippen molar-refractivity contribution in [1.29, 1.82) is 0 Å². The number of hydrogen-bond donors (Lipinski definition) is 1. The zero-order valence-corrected chi connectivity index (χ0v) is 7.98. The molecule has 0 bridgehead atoms. The number of rotatable bonds is 2. The van der Waals surface area contributed by atoms with Gasteiger partial charge in [0.25, 0.3) is 0 Å². The minimum Gasteiger partial charge on any atom is -0.477 e. The number of hydrogen-bond acceptors (Lipinski definition) is 1. The Morgan fingerprint density at radius 2 is 2.07 bits per heavy atom. The lowest BCUT2D eigenvalue weighted by atomic mass is 10.0. The Labute approximate surface area is 84.1 Å². The molecule has 1 aromatic rings. The first kappa shape index (κ1) is 10.9. The molecule has 0 aliphatic heterocycles. The topological polar surface area (TPSA) is 37.3 Å². The number of alkyl halides is 2. The number of aryl methyl sites for hydroxylation is 1. The zero-order chi connectivity index (χ0) is 10.9. The van der Waals surface area contributed by atoms with Gasteiger partial charge < -0.3 is 5.11 Å².